The number of carbonyl (C=O) groups is 1. The molecule has 2 nitrogen and oxygen atoms in total. The topological polar surface area (TPSA) is 26.3 Å². The average Bonchev–Trinajstić information content (AvgIpc) is 2.46. The molecule has 0 N–H and O–H groups in total. The van der Waals surface area contributed by atoms with E-state index in [2.05, 4.69) is 18.2 Å². The highest BCUT2D eigenvalue weighted by Gasteiger charge is 2.10. The van der Waals surface area contributed by atoms with Gasteiger partial charge in [0.15, 0.2) is 0 Å². The Morgan fingerprint density at radius 3 is 2.67 bits per heavy atom. The molecule has 1 aliphatic heterocycles. The van der Waals surface area contributed by atoms with Gasteiger partial charge in [0, 0.05) is 12.8 Å². The Morgan fingerprint density at radius 1 is 1.07 bits per heavy atom. The zero-order chi connectivity index (χ0) is 10.5. The largest absolute Gasteiger partial charge is 0.465 e. The Hall–Kier alpha value is -1.57. The average molecular weight is 202 g/mol. The van der Waals surface area contributed by atoms with E-state index in [9.17, 15) is 4.79 Å². The Morgan fingerprint density at radius 2 is 1.87 bits per heavy atom. The first kappa shape index (κ1) is 9.97. The molecule has 15 heavy (non-hydrogen) atoms. The lowest BCUT2D eigenvalue weighted by molar-refractivity contribution is -0.142. The van der Waals surface area contributed by atoms with E-state index < -0.39 is 0 Å². The normalized spacial score (nSPS) is 19.7. The van der Waals surface area contributed by atoms with Crippen LogP contribution in [0.4, 0.5) is 0 Å². The fourth-order valence-corrected chi connectivity index (χ4v) is 1.69. The van der Waals surface area contributed by atoms with E-state index in [1.807, 2.05) is 18.2 Å². The molecule has 1 saturated heterocycles. The summed E-state index contributed by atoms with van der Waals surface area (Å²) in [5.74, 6) is -0.0774. The van der Waals surface area contributed by atoms with Crippen molar-refractivity contribution in [1.82, 2.24) is 0 Å². The van der Waals surface area contributed by atoms with E-state index in [-0.39, 0.29) is 5.97 Å². The van der Waals surface area contributed by atoms with Crippen molar-refractivity contribution in [2.24, 2.45) is 0 Å². The lowest BCUT2D eigenvalue weighted by Crippen LogP contribution is -2.00. The summed E-state index contributed by atoms with van der Waals surface area (Å²) in [6.45, 7) is 0.525. The van der Waals surface area contributed by atoms with Crippen LogP contribution >= 0.6 is 0 Å². The van der Waals surface area contributed by atoms with Gasteiger partial charge in [-0.05, 0) is 12.0 Å². The van der Waals surface area contributed by atoms with Crippen molar-refractivity contribution in [2.75, 3.05) is 6.61 Å². The van der Waals surface area contributed by atoms with Crippen molar-refractivity contribution >= 4 is 12.0 Å². The molecular weight excluding hydrogens is 188 g/mol. The molecular formula is C13H14O2. The fourth-order valence-electron chi connectivity index (χ4n) is 1.69. The van der Waals surface area contributed by atoms with E-state index in [1.165, 1.54) is 11.1 Å². The Kier molecular flexibility index (Phi) is 3.18. The minimum absolute atomic E-state index is 0.0774. The van der Waals surface area contributed by atoms with Gasteiger partial charge in [0.2, 0.25) is 0 Å². The van der Waals surface area contributed by atoms with Crippen LogP contribution in [0.15, 0.2) is 35.9 Å². The summed E-state index contributed by atoms with van der Waals surface area (Å²) in [6.07, 6.45) is 4.36. The predicted molar refractivity (Wildman–Crippen MR) is 59.2 cm³/mol. The quantitative estimate of drug-likeness (QED) is 0.654. The molecule has 1 aromatic carbocycles. The number of ether oxygens (including phenoxy) is 1. The van der Waals surface area contributed by atoms with Crippen LogP contribution in [0.2, 0.25) is 0 Å². The van der Waals surface area contributed by atoms with Gasteiger partial charge in [0.1, 0.15) is 0 Å². The molecule has 78 valence electrons. The number of rotatable bonds is 1. The molecule has 1 fully saturated rings. The third-order valence-electron chi connectivity index (χ3n) is 2.51. The molecule has 1 aliphatic rings. The number of cyclic esters (lactones) is 1. The van der Waals surface area contributed by atoms with Crippen LogP contribution in [-0.4, -0.2) is 12.6 Å². The summed E-state index contributed by atoms with van der Waals surface area (Å²) >= 11 is 0. The highest BCUT2D eigenvalue weighted by atomic mass is 16.5. The van der Waals surface area contributed by atoms with Crippen molar-refractivity contribution in [3.8, 4) is 0 Å². The molecule has 0 amide bonds. The van der Waals surface area contributed by atoms with Crippen molar-refractivity contribution in [3.63, 3.8) is 0 Å². The van der Waals surface area contributed by atoms with E-state index in [1.54, 1.807) is 0 Å². The molecule has 0 bridgehead atoms. The minimum atomic E-state index is -0.0774. The number of benzene rings is 1. The van der Waals surface area contributed by atoms with Gasteiger partial charge in [-0.3, -0.25) is 4.79 Å². The van der Waals surface area contributed by atoms with Gasteiger partial charge in [0.25, 0.3) is 0 Å². The smallest absolute Gasteiger partial charge is 0.306 e. The van der Waals surface area contributed by atoms with Gasteiger partial charge in [-0.25, -0.2) is 0 Å². The molecule has 0 radical (unpaired) electrons. The van der Waals surface area contributed by atoms with Crippen molar-refractivity contribution < 1.29 is 9.53 Å². The number of carbonyl (C=O) groups excluding carboxylic acids is 1. The summed E-state index contributed by atoms with van der Waals surface area (Å²) in [5, 5.41) is 0. The van der Waals surface area contributed by atoms with Crippen molar-refractivity contribution in [1.29, 1.82) is 0 Å². The number of esters is 1. The highest BCUT2D eigenvalue weighted by Crippen LogP contribution is 2.18. The third-order valence-corrected chi connectivity index (χ3v) is 2.51. The van der Waals surface area contributed by atoms with Gasteiger partial charge in [-0.1, -0.05) is 42.0 Å². The SMILES string of the molecule is O=C1CCC(=Cc2ccccc2)CCO1. The summed E-state index contributed by atoms with van der Waals surface area (Å²) in [5.41, 5.74) is 2.49. The molecule has 0 aliphatic carbocycles. The Bertz CT molecular complexity index is 365. The summed E-state index contributed by atoms with van der Waals surface area (Å²) < 4.78 is 4.99. The summed E-state index contributed by atoms with van der Waals surface area (Å²) in [6, 6.07) is 10.2. The van der Waals surface area contributed by atoms with E-state index in [4.69, 9.17) is 4.74 Å². The first-order chi connectivity index (χ1) is 7.34. The lowest BCUT2D eigenvalue weighted by Gasteiger charge is -2.00. The van der Waals surface area contributed by atoms with Gasteiger partial charge in [-0.2, -0.15) is 0 Å². The minimum Gasteiger partial charge on any atom is -0.465 e. The van der Waals surface area contributed by atoms with Gasteiger partial charge < -0.3 is 4.74 Å². The van der Waals surface area contributed by atoms with Crippen molar-refractivity contribution in [3.05, 3.63) is 41.5 Å². The third kappa shape index (κ3) is 2.94. The van der Waals surface area contributed by atoms with Crippen LogP contribution in [-0.2, 0) is 9.53 Å². The van der Waals surface area contributed by atoms with E-state index in [0.717, 1.165) is 12.8 Å². The maximum Gasteiger partial charge on any atom is 0.306 e. The molecule has 2 heteroatoms. The Labute approximate surface area is 89.6 Å². The van der Waals surface area contributed by atoms with E-state index >= 15 is 0 Å². The van der Waals surface area contributed by atoms with Gasteiger partial charge in [-0.15, -0.1) is 0 Å². The zero-order valence-corrected chi connectivity index (χ0v) is 8.61. The standard InChI is InChI=1S/C13H14O2/c14-13-7-6-12(8-9-15-13)10-11-4-2-1-3-5-11/h1-5,10H,6-9H2. The van der Waals surface area contributed by atoms with Crippen LogP contribution in [0.3, 0.4) is 0 Å². The van der Waals surface area contributed by atoms with Gasteiger partial charge in [0.05, 0.1) is 6.61 Å². The molecule has 0 saturated carbocycles. The van der Waals surface area contributed by atoms with Crippen LogP contribution < -0.4 is 0 Å². The predicted octanol–water partition coefficient (Wildman–Crippen LogP) is 2.80. The molecule has 1 aromatic rings. The lowest BCUT2D eigenvalue weighted by atomic mass is 10.0. The maximum absolute atomic E-state index is 11.0. The molecule has 0 aromatic heterocycles. The fraction of sp³-hybridized carbons (Fsp3) is 0.308. The second kappa shape index (κ2) is 4.78. The monoisotopic (exact) mass is 202 g/mol. The summed E-state index contributed by atoms with van der Waals surface area (Å²) in [7, 11) is 0. The maximum atomic E-state index is 11.0. The molecule has 2 rings (SSSR count). The number of hydrogen-bond donors (Lipinski definition) is 0. The van der Waals surface area contributed by atoms with Crippen LogP contribution in [0.1, 0.15) is 24.8 Å². The highest BCUT2D eigenvalue weighted by molar-refractivity contribution is 5.70. The molecule has 0 unspecified atom stereocenters. The second-order valence-electron chi connectivity index (χ2n) is 3.68. The second-order valence-corrected chi connectivity index (χ2v) is 3.68. The van der Waals surface area contributed by atoms with Gasteiger partial charge >= 0.3 is 5.97 Å². The summed E-state index contributed by atoms with van der Waals surface area (Å²) in [4.78, 5) is 11.0. The van der Waals surface area contributed by atoms with Crippen LogP contribution in [0.25, 0.3) is 6.08 Å². The first-order valence-electron chi connectivity index (χ1n) is 5.25. The number of hydrogen-bond acceptors (Lipinski definition) is 2. The molecule has 0 spiro atoms. The van der Waals surface area contributed by atoms with Crippen LogP contribution in [0, 0.1) is 0 Å². The first-order valence-corrected chi connectivity index (χ1v) is 5.25. The van der Waals surface area contributed by atoms with Crippen LogP contribution in [0.5, 0.6) is 0 Å². The molecule has 1 heterocycles. The van der Waals surface area contributed by atoms with E-state index in [0.29, 0.717) is 13.0 Å². The molecule has 0 atom stereocenters. The Balaban J connectivity index is 2.10. The zero-order valence-electron chi connectivity index (χ0n) is 8.61. The van der Waals surface area contributed by atoms with Crippen molar-refractivity contribution in [2.45, 2.75) is 19.3 Å².